The van der Waals surface area contributed by atoms with Crippen molar-refractivity contribution in [1.82, 2.24) is 4.90 Å². The van der Waals surface area contributed by atoms with E-state index < -0.39 is 9.84 Å². The number of hydrogen-bond acceptors (Lipinski definition) is 5. The van der Waals surface area contributed by atoms with Crippen LogP contribution in [-0.4, -0.2) is 56.5 Å². The molecule has 0 amide bonds. The van der Waals surface area contributed by atoms with Crippen molar-refractivity contribution in [1.29, 1.82) is 0 Å². The molecule has 10 atom stereocenters. The van der Waals surface area contributed by atoms with Crippen LogP contribution in [0.25, 0.3) is 0 Å². The summed E-state index contributed by atoms with van der Waals surface area (Å²) >= 11 is 0. The van der Waals surface area contributed by atoms with E-state index in [1.54, 1.807) is 0 Å². The summed E-state index contributed by atoms with van der Waals surface area (Å²) < 4.78 is 30.2. The number of nitrogens with zero attached hydrogens (tertiary/aromatic N) is 1. The average molecular weight is 686 g/mol. The fraction of sp³-hybridized carbons (Fsp3) is 0.929. The Balaban J connectivity index is 1.19. The van der Waals surface area contributed by atoms with Crippen LogP contribution in [0.1, 0.15) is 145 Å². The molecule has 5 saturated carbocycles. The van der Waals surface area contributed by atoms with Gasteiger partial charge in [-0.2, -0.15) is 0 Å². The molecular weight excluding hydrogens is 615 g/mol. The van der Waals surface area contributed by atoms with Gasteiger partial charge < -0.3 is 9.64 Å². The van der Waals surface area contributed by atoms with Gasteiger partial charge in [0.15, 0.2) is 9.84 Å². The third-order valence-corrected chi connectivity index (χ3v) is 18.5. The second-order valence-electron chi connectivity index (χ2n) is 19.9. The van der Waals surface area contributed by atoms with E-state index in [0.29, 0.717) is 51.9 Å². The van der Waals surface area contributed by atoms with Crippen LogP contribution in [0.5, 0.6) is 0 Å². The van der Waals surface area contributed by atoms with Gasteiger partial charge >= 0.3 is 5.97 Å². The van der Waals surface area contributed by atoms with Crippen LogP contribution in [-0.2, 0) is 19.4 Å². The van der Waals surface area contributed by atoms with E-state index in [1.165, 1.54) is 82.6 Å². The number of sulfone groups is 1. The first-order chi connectivity index (χ1) is 22.4. The number of esters is 1. The van der Waals surface area contributed by atoms with E-state index >= 15 is 0 Å². The molecule has 0 aromatic carbocycles. The molecule has 0 N–H and O–H groups in total. The molecule has 6 aliphatic rings. The highest BCUT2D eigenvalue weighted by molar-refractivity contribution is 7.91. The topological polar surface area (TPSA) is 63.7 Å². The minimum atomic E-state index is -2.82. The quantitative estimate of drug-likeness (QED) is 0.137. The molecule has 274 valence electrons. The molecule has 0 bridgehead atoms. The molecule has 1 aliphatic heterocycles. The highest BCUT2D eigenvalue weighted by atomic mass is 32.2. The fourth-order valence-electron chi connectivity index (χ4n) is 14.2. The Kier molecular flexibility index (Phi) is 9.96. The lowest BCUT2D eigenvalue weighted by atomic mass is 9.32. The monoisotopic (exact) mass is 686 g/mol. The summed E-state index contributed by atoms with van der Waals surface area (Å²) in [6.45, 7) is 26.7. The third-order valence-electron chi connectivity index (χ3n) is 16.9. The van der Waals surface area contributed by atoms with E-state index in [9.17, 15) is 13.2 Å². The summed E-state index contributed by atoms with van der Waals surface area (Å²) in [4.78, 5) is 15.2. The van der Waals surface area contributed by atoms with E-state index in [1.807, 2.05) is 0 Å². The van der Waals surface area contributed by atoms with Crippen LogP contribution in [0.4, 0.5) is 0 Å². The summed E-state index contributed by atoms with van der Waals surface area (Å²) in [5.74, 6) is 4.50. The largest absolute Gasteiger partial charge is 0.462 e. The number of carbonyl (C=O) groups excluding carboxylic acids is 1. The number of carbonyl (C=O) groups is 1. The van der Waals surface area contributed by atoms with Gasteiger partial charge in [-0.1, -0.05) is 67.0 Å². The van der Waals surface area contributed by atoms with Crippen molar-refractivity contribution in [2.75, 3.05) is 31.1 Å². The Morgan fingerprint density at radius 3 is 2.23 bits per heavy atom. The van der Waals surface area contributed by atoms with Crippen LogP contribution < -0.4 is 0 Å². The summed E-state index contributed by atoms with van der Waals surface area (Å²) in [5.41, 5.74) is 2.84. The molecular formula is C42H71NO4S. The minimum absolute atomic E-state index is 0.000600. The first-order valence-corrected chi connectivity index (χ1v) is 22.0. The number of hydrogen-bond donors (Lipinski definition) is 0. The maximum absolute atomic E-state index is 12.8. The van der Waals surface area contributed by atoms with Crippen molar-refractivity contribution in [2.45, 2.75) is 151 Å². The number of ether oxygens (including phenoxy) is 1. The Morgan fingerprint density at radius 2 is 1.56 bits per heavy atom. The van der Waals surface area contributed by atoms with Crippen LogP contribution in [0, 0.1) is 62.6 Å². The maximum Gasteiger partial charge on any atom is 0.306 e. The van der Waals surface area contributed by atoms with Crippen LogP contribution in [0.2, 0.25) is 0 Å². The van der Waals surface area contributed by atoms with Gasteiger partial charge in [0.1, 0.15) is 6.10 Å². The summed E-state index contributed by atoms with van der Waals surface area (Å²) in [7, 11) is -2.82. The van der Waals surface area contributed by atoms with Crippen molar-refractivity contribution >= 4 is 15.8 Å². The maximum atomic E-state index is 12.8. The standard InChI is InChI=1S/C42H71NO4S/c1-29(2)28-36(44)47-35-16-18-39(7)33(38(35,5)6)15-19-41(9)34(39)13-12-32-37-31(30(3)4)14-20-42(37,22-21-40(32,41)8)17-10-11-23-43-24-26-48(45,46)27-25-43/h29,31-35,37H,3,10-28H2,1-2,4-9H3/t31-,32+,33-,34+,35-,37+,39-,40+,41+,42+/m0/s1. The van der Waals surface area contributed by atoms with Crippen molar-refractivity contribution < 1.29 is 17.9 Å². The second-order valence-corrected chi connectivity index (χ2v) is 22.2. The van der Waals surface area contributed by atoms with Gasteiger partial charge in [-0.05, 0) is 148 Å². The summed E-state index contributed by atoms with van der Waals surface area (Å²) in [6.07, 6.45) is 17.3. The number of rotatable bonds is 9. The molecule has 6 heteroatoms. The normalized spacial score (nSPS) is 45.0. The lowest BCUT2D eigenvalue weighted by Gasteiger charge is -2.73. The molecule has 0 unspecified atom stereocenters. The lowest BCUT2D eigenvalue weighted by Crippen LogP contribution is -2.66. The molecule has 5 aliphatic carbocycles. The first kappa shape index (κ1) is 36.9. The van der Waals surface area contributed by atoms with E-state index in [0.717, 1.165) is 43.8 Å². The molecule has 6 rings (SSSR count). The number of allylic oxidation sites excluding steroid dienone is 1. The molecule has 0 radical (unpaired) electrons. The highest BCUT2D eigenvalue weighted by Crippen LogP contribution is 2.78. The van der Waals surface area contributed by atoms with E-state index in [4.69, 9.17) is 4.74 Å². The Hall–Kier alpha value is -0.880. The number of fused-ring (bicyclic) bond motifs is 7. The summed E-state index contributed by atoms with van der Waals surface area (Å²) in [6, 6.07) is 0. The molecule has 1 heterocycles. The highest BCUT2D eigenvalue weighted by Gasteiger charge is 2.71. The van der Waals surface area contributed by atoms with E-state index in [2.05, 4.69) is 66.9 Å². The number of unbranched alkanes of at least 4 members (excludes halogenated alkanes) is 1. The smallest absolute Gasteiger partial charge is 0.306 e. The van der Waals surface area contributed by atoms with Gasteiger partial charge in [0.2, 0.25) is 0 Å². The predicted octanol–water partition coefficient (Wildman–Crippen LogP) is 9.50. The van der Waals surface area contributed by atoms with Crippen molar-refractivity contribution in [3.63, 3.8) is 0 Å². The van der Waals surface area contributed by atoms with Gasteiger partial charge in [0.25, 0.3) is 0 Å². The molecule has 1 saturated heterocycles. The average Bonchev–Trinajstić information content (AvgIpc) is 3.38. The third kappa shape index (κ3) is 6.09. The fourth-order valence-corrected chi connectivity index (χ4v) is 15.5. The molecule has 0 spiro atoms. The van der Waals surface area contributed by atoms with Crippen molar-refractivity contribution in [3.05, 3.63) is 12.2 Å². The van der Waals surface area contributed by atoms with Gasteiger partial charge in [0.05, 0.1) is 11.5 Å². The Morgan fingerprint density at radius 1 is 0.854 bits per heavy atom. The van der Waals surface area contributed by atoms with Crippen LogP contribution in [0.15, 0.2) is 12.2 Å². The predicted molar refractivity (Wildman–Crippen MR) is 197 cm³/mol. The van der Waals surface area contributed by atoms with Crippen molar-refractivity contribution in [2.24, 2.45) is 62.6 Å². The summed E-state index contributed by atoms with van der Waals surface area (Å²) in [5, 5.41) is 0. The molecule has 5 nitrogen and oxygen atoms in total. The Labute approximate surface area is 295 Å². The Bertz CT molecular complexity index is 1320. The van der Waals surface area contributed by atoms with Gasteiger partial charge in [-0.3, -0.25) is 4.79 Å². The van der Waals surface area contributed by atoms with Crippen LogP contribution >= 0.6 is 0 Å². The zero-order valence-corrected chi connectivity index (χ0v) is 33.0. The molecule has 6 fully saturated rings. The van der Waals surface area contributed by atoms with Crippen molar-refractivity contribution in [3.8, 4) is 0 Å². The SMILES string of the molecule is C=C(C)[C@@H]1CC[C@]2(CCCCN3CCS(=O)(=O)CC3)CC[C@]3(C)[C@H](CC[C@@H]4[C@@]5(C)CC[C@H](OC(=O)CC(C)C)C(C)(C)[C@@H]5CC[C@]43C)[C@@H]12. The zero-order valence-electron chi connectivity index (χ0n) is 32.2. The van der Waals surface area contributed by atoms with Crippen LogP contribution in [0.3, 0.4) is 0 Å². The first-order valence-electron chi connectivity index (χ1n) is 20.2. The van der Waals surface area contributed by atoms with Gasteiger partial charge in [-0.25, -0.2) is 8.42 Å². The second kappa shape index (κ2) is 13.0. The minimum Gasteiger partial charge on any atom is -0.462 e. The molecule has 0 aromatic rings. The van der Waals surface area contributed by atoms with Gasteiger partial charge in [0, 0.05) is 24.9 Å². The van der Waals surface area contributed by atoms with Gasteiger partial charge in [-0.15, -0.1) is 0 Å². The lowest BCUT2D eigenvalue weighted by molar-refractivity contribution is -0.250. The molecule has 0 aromatic heterocycles. The van der Waals surface area contributed by atoms with E-state index in [-0.39, 0.29) is 22.9 Å². The zero-order chi connectivity index (χ0) is 34.9. The molecule has 48 heavy (non-hydrogen) atoms.